The van der Waals surface area contributed by atoms with Gasteiger partial charge in [0, 0.05) is 18.5 Å². The van der Waals surface area contributed by atoms with Crippen LogP contribution in [0.25, 0.3) is 0 Å². The van der Waals surface area contributed by atoms with Gasteiger partial charge < -0.3 is 15.8 Å². The molecule has 0 aromatic heterocycles. The van der Waals surface area contributed by atoms with Gasteiger partial charge in [-0.2, -0.15) is 0 Å². The van der Waals surface area contributed by atoms with Gasteiger partial charge >= 0.3 is 5.97 Å². The molecule has 1 aliphatic rings. The Balaban J connectivity index is 2.08. The van der Waals surface area contributed by atoms with Crippen LogP contribution in [0.1, 0.15) is 64.4 Å². The summed E-state index contributed by atoms with van der Waals surface area (Å²) in [4.78, 5) is 23.7. The first kappa shape index (κ1) is 22.4. The third-order valence-electron chi connectivity index (χ3n) is 6.01. The number of unbranched alkanes of at least 4 members (excludes halogenated alkanes) is 2. The Morgan fingerprint density at radius 3 is 2.50 bits per heavy atom. The highest BCUT2D eigenvalue weighted by atomic mass is 16.5. The van der Waals surface area contributed by atoms with Gasteiger partial charge in [-0.3, -0.25) is 9.59 Å². The van der Waals surface area contributed by atoms with E-state index in [1.54, 1.807) is 0 Å². The molecule has 0 heterocycles. The topological polar surface area (TPSA) is 81.4 Å². The Kier molecular flexibility index (Phi) is 8.49. The number of nitrogens with two attached hydrogens (primary N) is 1. The summed E-state index contributed by atoms with van der Waals surface area (Å²) in [5, 5.41) is 3.09. The van der Waals surface area contributed by atoms with Gasteiger partial charge in [-0.05, 0) is 37.2 Å². The summed E-state index contributed by atoms with van der Waals surface area (Å²) >= 11 is 0. The molecule has 0 aliphatic heterocycles. The first-order valence-corrected chi connectivity index (χ1v) is 10.6. The van der Waals surface area contributed by atoms with Gasteiger partial charge in [0.15, 0.2) is 0 Å². The number of nitrogens with one attached hydrogen (secondary N) is 1. The van der Waals surface area contributed by atoms with Crippen LogP contribution in [0.3, 0.4) is 0 Å². The Morgan fingerprint density at radius 1 is 1.25 bits per heavy atom. The molecule has 3 N–H and O–H groups in total. The minimum Gasteiger partial charge on any atom is -0.469 e. The molecule has 5 heteroatoms. The highest BCUT2D eigenvalue weighted by molar-refractivity contribution is 5.75. The number of amides is 1. The molecule has 1 aromatic rings. The molecular formula is C23H36N2O3. The third kappa shape index (κ3) is 6.33. The van der Waals surface area contributed by atoms with Crippen molar-refractivity contribution < 1.29 is 14.3 Å². The molecule has 1 saturated carbocycles. The molecule has 0 spiro atoms. The summed E-state index contributed by atoms with van der Waals surface area (Å²) < 4.78 is 4.85. The first-order chi connectivity index (χ1) is 13.4. The largest absolute Gasteiger partial charge is 0.469 e. The fraction of sp³-hybridized carbons (Fsp3) is 0.652. The molecule has 156 valence electrons. The van der Waals surface area contributed by atoms with E-state index in [-0.39, 0.29) is 23.8 Å². The Morgan fingerprint density at radius 2 is 1.93 bits per heavy atom. The van der Waals surface area contributed by atoms with E-state index < -0.39 is 5.54 Å². The molecule has 0 bridgehead atoms. The van der Waals surface area contributed by atoms with Gasteiger partial charge in [-0.15, -0.1) is 0 Å². The van der Waals surface area contributed by atoms with Crippen molar-refractivity contribution in [3.05, 3.63) is 35.9 Å². The number of ether oxygens (including phenoxy) is 1. The number of esters is 1. The molecule has 1 fully saturated rings. The average molecular weight is 389 g/mol. The van der Waals surface area contributed by atoms with Crippen molar-refractivity contribution in [3.8, 4) is 0 Å². The number of carbonyl (C=O) groups is 2. The minimum absolute atomic E-state index is 0.0663. The van der Waals surface area contributed by atoms with Crippen LogP contribution in [0.4, 0.5) is 0 Å². The van der Waals surface area contributed by atoms with E-state index in [4.69, 9.17) is 10.5 Å². The first-order valence-electron chi connectivity index (χ1n) is 10.6. The molecule has 2 rings (SSSR count). The predicted molar refractivity (Wildman–Crippen MR) is 112 cm³/mol. The summed E-state index contributed by atoms with van der Waals surface area (Å²) in [5.41, 5.74) is 7.43. The number of carbonyl (C=O) groups excluding carboxylic acids is 2. The monoisotopic (exact) mass is 388 g/mol. The third-order valence-corrected chi connectivity index (χ3v) is 6.01. The van der Waals surface area contributed by atoms with E-state index in [1.165, 1.54) is 38.9 Å². The maximum atomic E-state index is 11.9. The van der Waals surface area contributed by atoms with E-state index in [1.807, 2.05) is 6.07 Å². The second-order valence-electron chi connectivity index (χ2n) is 8.40. The standard InChI is InChI=1S/C23H36N2O3/c1-4-5-7-12-19(13-18-10-8-6-9-11-18)14-21(25-17(2)26)23(24)15-20(16-23)22(27)28-3/h6,8-11,19-21H,4-5,7,12-16,24H2,1-3H3,(H,25,26). The lowest BCUT2D eigenvalue weighted by Crippen LogP contribution is -2.66. The summed E-state index contributed by atoms with van der Waals surface area (Å²) in [6.45, 7) is 3.75. The second kappa shape index (κ2) is 10.6. The molecule has 0 saturated heterocycles. The number of benzene rings is 1. The fourth-order valence-electron chi connectivity index (χ4n) is 4.43. The average Bonchev–Trinajstić information content (AvgIpc) is 2.65. The van der Waals surface area contributed by atoms with Crippen molar-refractivity contribution in [3.63, 3.8) is 0 Å². The Hall–Kier alpha value is -1.88. The van der Waals surface area contributed by atoms with Crippen molar-refractivity contribution >= 4 is 11.9 Å². The Bertz CT molecular complexity index is 626. The van der Waals surface area contributed by atoms with E-state index in [2.05, 4.69) is 36.5 Å². The number of rotatable bonds is 11. The van der Waals surface area contributed by atoms with E-state index in [0.717, 1.165) is 19.3 Å². The van der Waals surface area contributed by atoms with Crippen LogP contribution in [0.5, 0.6) is 0 Å². The smallest absolute Gasteiger partial charge is 0.308 e. The lowest BCUT2D eigenvalue weighted by atomic mass is 9.63. The molecule has 2 unspecified atom stereocenters. The molecule has 2 atom stereocenters. The Labute approximate surface area is 169 Å². The number of methoxy groups -OCH3 is 1. The van der Waals surface area contributed by atoms with Gasteiger partial charge in [-0.25, -0.2) is 0 Å². The van der Waals surface area contributed by atoms with Crippen LogP contribution >= 0.6 is 0 Å². The van der Waals surface area contributed by atoms with Gasteiger partial charge in [0.05, 0.1) is 13.0 Å². The quantitative estimate of drug-likeness (QED) is 0.448. The molecule has 0 radical (unpaired) electrons. The van der Waals surface area contributed by atoms with Crippen molar-refractivity contribution in [2.75, 3.05) is 7.11 Å². The highest BCUT2D eigenvalue weighted by Crippen LogP contribution is 2.41. The van der Waals surface area contributed by atoms with Gasteiger partial charge in [0.1, 0.15) is 0 Å². The molecule has 28 heavy (non-hydrogen) atoms. The van der Waals surface area contributed by atoms with Crippen LogP contribution < -0.4 is 11.1 Å². The normalized spacial score (nSPS) is 23.4. The zero-order chi connectivity index (χ0) is 20.6. The zero-order valence-corrected chi connectivity index (χ0v) is 17.6. The van der Waals surface area contributed by atoms with Gasteiger partial charge in [-0.1, -0.05) is 62.9 Å². The lowest BCUT2D eigenvalue weighted by Gasteiger charge is -2.49. The summed E-state index contributed by atoms with van der Waals surface area (Å²) in [6.07, 6.45) is 7.66. The van der Waals surface area contributed by atoms with Crippen molar-refractivity contribution in [1.82, 2.24) is 5.32 Å². The van der Waals surface area contributed by atoms with Gasteiger partial charge in [0.2, 0.25) is 5.91 Å². The zero-order valence-electron chi connectivity index (χ0n) is 17.6. The minimum atomic E-state index is -0.537. The summed E-state index contributed by atoms with van der Waals surface area (Å²) in [5.74, 6) is 0.0251. The summed E-state index contributed by atoms with van der Waals surface area (Å²) in [6, 6.07) is 10.4. The molecule has 5 nitrogen and oxygen atoms in total. The predicted octanol–water partition coefficient (Wildman–Crippen LogP) is 3.60. The van der Waals surface area contributed by atoms with E-state index in [9.17, 15) is 9.59 Å². The maximum absolute atomic E-state index is 11.9. The van der Waals surface area contributed by atoms with Crippen LogP contribution in [-0.2, 0) is 20.7 Å². The second-order valence-corrected chi connectivity index (χ2v) is 8.40. The molecule has 1 amide bonds. The highest BCUT2D eigenvalue weighted by Gasteiger charge is 2.50. The van der Waals surface area contributed by atoms with Crippen LogP contribution in [0, 0.1) is 11.8 Å². The van der Waals surface area contributed by atoms with Crippen molar-refractivity contribution in [1.29, 1.82) is 0 Å². The van der Waals surface area contributed by atoms with Crippen molar-refractivity contribution in [2.45, 2.75) is 76.8 Å². The SMILES string of the molecule is CCCCCC(Cc1ccccc1)CC(NC(C)=O)C1(N)CC(C(=O)OC)C1. The number of hydrogen-bond acceptors (Lipinski definition) is 4. The lowest BCUT2D eigenvalue weighted by molar-refractivity contribution is -0.151. The van der Waals surface area contributed by atoms with Crippen LogP contribution in [0.2, 0.25) is 0 Å². The molecule has 1 aromatic carbocycles. The summed E-state index contributed by atoms with van der Waals surface area (Å²) in [7, 11) is 1.41. The maximum Gasteiger partial charge on any atom is 0.308 e. The van der Waals surface area contributed by atoms with Gasteiger partial charge in [0.25, 0.3) is 0 Å². The molecular weight excluding hydrogens is 352 g/mol. The van der Waals surface area contributed by atoms with Crippen molar-refractivity contribution in [2.24, 2.45) is 17.6 Å². The number of hydrogen-bond donors (Lipinski definition) is 2. The van der Waals surface area contributed by atoms with Crippen LogP contribution in [0.15, 0.2) is 30.3 Å². The molecule has 1 aliphatic carbocycles. The van der Waals surface area contributed by atoms with E-state index >= 15 is 0 Å². The fourth-order valence-corrected chi connectivity index (χ4v) is 4.43. The van der Waals surface area contributed by atoms with Crippen LogP contribution in [-0.4, -0.2) is 30.6 Å². The van der Waals surface area contributed by atoms with E-state index in [0.29, 0.717) is 18.8 Å².